The quantitative estimate of drug-likeness (QED) is 0.643. The highest BCUT2D eigenvalue weighted by Gasteiger charge is 2.58. The van der Waals surface area contributed by atoms with E-state index in [1.165, 1.54) is 0 Å². The highest BCUT2D eigenvalue weighted by Crippen LogP contribution is 2.44. The second-order valence-electron chi connectivity index (χ2n) is 9.78. The van der Waals surface area contributed by atoms with Gasteiger partial charge in [-0.2, -0.15) is 0 Å². The number of benzene rings is 2. The Morgan fingerprint density at radius 2 is 1.58 bits per heavy atom. The lowest BCUT2D eigenvalue weighted by atomic mass is 9.78. The van der Waals surface area contributed by atoms with Crippen LogP contribution in [0.5, 0.6) is 0 Å². The molecule has 2 aromatic rings. The zero-order valence-electron chi connectivity index (χ0n) is 20.0. The minimum absolute atomic E-state index is 0.00621. The van der Waals surface area contributed by atoms with E-state index >= 15 is 0 Å². The van der Waals surface area contributed by atoms with Crippen molar-refractivity contribution in [3.8, 4) is 0 Å². The predicted octanol–water partition coefficient (Wildman–Crippen LogP) is 4.37. The number of hydrogen-bond donors (Lipinski definition) is 1. The Balaban J connectivity index is 1.60. The fraction of sp³-hybridized carbons (Fsp3) is 0.519. The van der Waals surface area contributed by atoms with Gasteiger partial charge in [0.15, 0.2) is 11.4 Å². The van der Waals surface area contributed by atoms with Crippen molar-refractivity contribution in [2.45, 2.75) is 89.5 Å². The van der Waals surface area contributed by atoms with Crippen LogP contribution < -0.4 is 5.32 Å². The predicted molar refractivity (Wildman–Crippen MR) is 125 cm³/mol. The second kappa shape index (κ2) is 9.94. The number of amides is 1. The molecule has 1 aliphatic carbocycles. The van der Waals surface area contributed by atoms with Crippen molar-refractivity contribution in [1.29, 1.82) is 0 Å². The minimum atomic E-state index is -1.08. The van der Waals surface area contributed by atoms with Crippen molar-refractivity contribution in [3.05, 3.63) is 71.8 Å². The van der Waals surface area contributed by atoms with Crippen LogP contribution in [0.2, 0.25) is 0 Å². The van der Waals surface area contributed by atoms with Crippen LogP contribution in [0.25, 0.3) is 0 Å². The molecule has 33 heavy (non-hydrogen) atoms. The van der Waals surface area contributed by atoms with Gasteiger partial charge in [0.05, 0.1) is 25.4 Å². The molecule has 0 radical (unpaired) electrons. The molecule has 6 heteroatoms. The first-order valence-corrected chi connectivity index (χ1v) is 11.8. The van der Waals surface area contributed by atoms with Gasteiger partial charge >= 0.3 is 0 Å². The Morgan fingerprint density at radius 3 is 2.18 bits per heavy atom. The van der Waals surface area contributed by atoms with Gasteiger partial charge in [-0.3, -0.25) is 4.79 Å². The summed E-state index contributed by atoms with van der Waals surface area (Å²) < 4.78 is 25.3. The normalized spacial score (nSPS) is 28.5. The lowest BCUT2D eigenvalue weighted by Crippen LogP contribution is -2.60. The molecule has 0 bridgehead atoms. The fourth-order valence-corrected chi connectivity index (χ4v) is 4.68. The third kappa shape index (κ3) is 5.82. The minimum Gasteiger partial charge on any atom is -0.371 e. The Labute approximate surface area is 196 Å². The molecule has 4 rings (SSSR count). The molecular formula is C27H35NO5. The Bertz CT molecular complexity index is 917. The summed E-state index contributed by atoms with van der Waals surface area (Å²) in [6, 6.07) is 19.9. The van der Waals surface area contributed by atoms with Gasteiger partial charge in [0.25, 0.3) is 5.91 Å². The lowest BCUT2D eigenvalue weighted by Gasteiger charge is -2.43. The van der Waals surface area contributed by atoms with Crippen LogP contribution in [0.3, 0.4) is 0 Å². The van der Waals surface area contributed by atoms with E-state index in [1.807, 2.05) is 88.4 Å². The summed E-state index contributed by atoms with van der Waals surface area (Å²) in [4.78, 5) is 13.5. The molecule has 1 aliphatic heterocycles. The monoisotopic (exact) mass is 453 g/mol. The van der Waals surface area contributed by atoms with Crippen LogP contribution in [0.4, 0.5) is 0 Å². The van der Waals surface area contributed by atoms with Gasteiger partial charge in [-0.25, -0.2) is 0 Å². The lowest BCUT2D eigenvalue weighted by molar-refractivity contribution is -0.183. The van der Waals surface area contributed by atoms with Crippen LogP contribution in [0.1, 0.15) is 51.7 Å². The summed E-state index contributed by atoms with van der Waals surface area (Å²) in [6.07, 6.45) is -0.101. The van der Waals surface area contributed by atoms with Crippen LogP contribution in [-0.4, -0.2) is 41.6 Å². The van der Waals surface area contributed by atoms with E-state index in [4.69, 9.17) is 18.9 Å². The van der Waals surface area contributed by atoms with Crippen LogP contribution in [-0.2, 0) is 37.0 Å². The number of ether oxygens (including phenoxy) is 4. The Kier molecular flexibility index (Phi) is 7.19. The molecule has 0 spiro atoms. The number of fused-ring (bicyclic) bond motifs is 1. The third-order valence-corrected chi connectivity index (χ3v) is 6.15. The van der Waals surface area contributed by atoms with E-state index in [0.717, 1.165) is 11.1 Å². The van der Waals surface area contributed by atoms with E-state index in [2.05, 4.69) is 5.32 Å². The van der Waals surface area contributed by atoms with Gasteiger partial charge in [-0.05, 0) is 38.8 Å². The van der Waals surface area contributed by atoms with Crippen molar-refractivity contribution in [1.82, 2.24) is 5.32 Å². The molecular weight excluding hydrogens is 418 g/mol. The first-order valence-electron chi connectivity index (χ1n) is 11.8. The van der Waals surface area contributed by atoms with Gasteiger partial charge in [-0.15, -0.1) is 0 Å². The summed E-state index contributed by atoms with van der Waals surface area (Å²) in [7, 11) is 0. The molecule has 2 aliphatic rings. The number of carbonyl (C=O) groups is 1. The van der Waals surface area contributed by atoms with Crippen molar-refractivity contribution >= 4 is 5.91 Å². The molecule has 6 nitrogen and oxygen atoms in total. The molecule has 2 aromatic carbocycles. The SMILES string of the molecule is CC(C)NC(=O)[C@@]1(OCc2ccccc2)CC(OCc2ccccc2)[C@@H]2OC(C)(C)O[C@@H]2C1. The standard InChI is InChI=1S/C27H35NO5/c1-19(2)28-25(29)27(31-18-21-13-9-6-10-14-21)15-22(30-17-20-11-7-5-8-12-20)24-23(16-27)32-26(3,4)33-24/h5-14,19,22-24H,15-18H2,1-4H3,(H,28,29)/t22?,23-,24+,27-/m1/s1. The van der Waals surface area contributed by atoms with Gasteiger partial charge < -0.3 is 24.3 Å². The highest BCUT2D eigenvalue weighted by atomic mass is 16.8. The average molecular weight is 454 g/mol. The molecule has 4 atom stereocenters. The topological polar surface area (TPSA) is 66.0 Å². The Hall–Kier alpha value is -2.25. The van der Waals surface area contributed by atoms with Crippen LogP contribution in [0, 0.1) is 0 Å². The average Bonchev–Trinajstić information content (AvgIpc) is 3.10. The van der Waals surface area contributed by atoms with Gasteiger partial charge in [0.2, 0.25) is 0 Å². The van der Waals surface area contributed by atoms with E-state index in [1.54, 1.807) is 0 Å². The number of nitrogens with one attached hydrogen (secondary N) is 1. The third-order valence-electron chi connectivity index (χ3n) is 6.15. The fourth-order valence-electron chi connectivity index (χ4n) is 4.68. The molecule has 178 valence electrons. The van der Waals surface area contributed by atoms with Gasteiger partial charge in [-0.1, -0.05) is 60.7 Å². The van der Waals surface area contributed by atoms with Crippen LogP contribution >= 0.6 is 0 Å². The summed E-state index contributed by atoms with van der Waals surface area (Å²) in [5.41, 5.74) is 1.01. The summed E-state index contributed by atoms with van der Waals surface area (Å²) in [6.45, 7) is 8.48. The summed E-state index contributed by atoms with van der Waals surface area (Å²) >= 11 is 0. The summed E-state index contributed by atoms with van der Waals surface area (Å²) in [5.74, 6) is -0.873. The molecule has 1 N–H and O–H groups in total. The maximum Gasteiger partial charge on any atom is 0.252 e. The van der Waals surface area contributed by atoms with Gasteiger partial charge in [0.1, 0.15) is 6.10 Å². The molecule has 1 amide bonds. The summed E-state index contributed by atoms with van der Waals surface area (Å²) in [5, 5.41) is 3.07. The van der Waals surface area contributed by atoms with Gasteiger partial charge in [0, 0.05) is 18.9 Å². The zero-order chi connectivity index (χ0) is 23.5. The van der Waals surface area contributed by atoms with Crippen molar-refractivity contribution in [2.24, 2.45) is 0 Å². The number of hydrogen-bond acceptors (Lipinski definition) is 5. The largest absolute Gasteiger partial charge is 0.371 e. The van der Waals surface area contributed by atoms with Crippen molar-refractivity contribution in [2.75, 3.05) is 0 Å². The van der Waals surface area contributed by atoms with E-state index in [-0.39, 0.29) is 30.3 Å². The van der Waals surface area contributed by atoms with E-state index in [9.17, 15) is 4.79 Å². The smallest absolute Gasteiger partial charge is 0.252 e. The molecule has 1 saturated carbocycles. The highest BCUT2D eigenvalue weighted by molar-refractivity contribution is 5.85. The Morgan fingerprint density at radius 1 is 0.970 bits per heavy atom. The first kappa shape index (κ1) is 23.9. The maximum absolute atomic E-state index is 13.5. The first-order chi connectivity index (χ1) is 15.8. The van der Waals surface area contributed by atoms with E-state index in [0.29, 0.717) is 26.1 Å². The zero-order valence-corrected chi connectivity index (χ0v) is 20.0. The van der Waals surface area contributed by atoms with Crippen molar-refractivity contribution < 1.29 is 23.7 Å². The molecule has 1 unspecified atom stereocenters. The molecule has 1 heterocycles. The van der Waals surface area contributed by atoms with Crippen LogP contribution in [0.15, 0.2) is 60.7 Å². The van der Waals surface area contributed by atoms with Crippen molar-refractivity contribution in [3.63, 3.8) is 0 Å². The number of carbonyl (C=O) groups excluding carboxylic acids is 1. The number of rotatable bonds is 8. The molecule has 2 fully saturated rings. The molecule has 0 aromatic heterocycles. The second-order valence-corrected chi connectivity index (χ2v) is 9.78. The van der Waals surface area contributed by atoms with E-state index < -0.39 is 11.4 Å². The molecule has 1 saturated heterocycles. The maximum atomic E-state index is 13.5.